The zero-order chi connectivity index (χ0) is 20.4. The zero-order valence-corrected chi connectivity index (χ0v) is 14.9. The number of halogens is 4. The molecule has 0 radical (unpaired) electrons. The second kappa shape index (κ2) is 7.50. The lowest BCUT2D eigenvalue weighted by atomic mass is 10.1. The number of fused-ring (bicyclic) bond motifs is 1. The third-order valence-electron chi connectivity index (χ3n) is 4.48. The van der Waals surface area contributed by atoms with Gasteiger partial charge in [0.25, 0.3) is 0 Å². The minimum atomic E-state index is -4.60. The van der Waals surface area contributed by atoms with Gasteiger partial charge in [-0.3, -0.25) is 4.98 Å². The van der Waals surface area contributed by atoms with Crippen LogP contribution in [0.2, 0.25) is 0 Å². The summed E-state index contributed by atoms with van der Waals surface area (Å²) in [6.07, 6.45) is 1.49. The van der Waals surface area contributed by atoms with E-state index in [9.17, 15) is 17.6 Å². The Morgan fingerprint density at radius 3 is 2.59 bits per heavy atom. The number of nitrogens with one attached hydrogen (secondary N) is 2. The number of aromatic amines is 1. The van der Waals surface area contributed by atoms with Gasteiger partial charge >= 0.3 is 6.18 Å². The largest absolute Gasteiger partial charge is 0.412 e. The van der Waals surface area contributed by atoms with Crippen LogP contribution in [0.15, 0.2) is 61.2 Å². The van der Waals surface area contributed by atoms with Crippen LogP contribution < -0.4 is 5.32 Å². The molecule has 5 nitrogen and oxygen atoms in total. The normalized spacial score (nSPS) is 12.8. The lowest BCUT2D eigenvalue weighted by Gasteiger charge is -2.22. The standard InChI is InChI=1S/C20H15F4N5/c21-18-12(9-14-11-27-19-15(14)4-2-8-26-19)5-6-16(29-18)28-17(20(22,23)24)13-3-1-7-25-10-13/h1-8,10-11,17H,9H2,(H,26,27)(H,28,29). The second-order valence-electron chi connectivity index (χ2n) is 6.44. The molecule has 0 saturated heterocycles. The van der Waals surface area contributed by atoms with Gasteiger partial charge < -0.3 is 10.3 Å². The Kier molecular flexibility index (Phi) is 4.87. The zero-order valence-electron chi connectivity index (χ0n) is 14.9. The maximum atomic E-state index is 14.5. The summed E-state index contributed by atoms with van der Waals surface area (Å²) in [5.41, 5.74) is 1.68. The molecule has 0 spiro atoms. The molecular formula is C20H15F4N5. The van der Waals surface area contributed by atoms with E-state index in [1.165, 1.54) is 30.5 Å². The Bertz CT molecular complexity index is 1120. The fourth-order valence-electron chi connectivity index (χ4n) is 3.09. The molecule has 29 heavy (non-hydrogen) atoms. The average molecular weight is 401 g/mol. The van der Waals surface area contributed by atoms with Gasteiger partial charge in [-0.2, -0.15) is 17.6 Å². The van der Waals surface area contributed by atoms with Crippen LogP contribution in [0.4, 0.5) is 23.4 Å². The van der Waals surface area contributed by atoms with Crippen molar-refractivity contribution in [3.05, 3.63) is 83.8 Å². The van der Waals surface area contributed by atoms with Crippen LogP contribution in [-0.4, -0.2) is 26.1 Å². The summed E-state index contributed by atoms with van der Waals surface area (Å²) in [7, 11) is 0. The van der Waals surface area contributed by atoms with Crippen LogP contribution in [0.25, 0.3) is 11.0 Å². The highest BCUT2D eigenvalue weighted by atomic mass is 19.4. The second-order valence-corrected chi connectivity index (χ2v) is 6.44. The number of hydrogen-bond donors (Lipinski definition) is 2. The molecule has 1 unspecified atom stereocenters. The van der Waals surface area contributed by atoms with E-state index < -0.39 is 18.2 Å². The summed E-state index contributed by atoms with van der Waals surface area (Å²) < 4.78 is 54.9. The summed E-state index contributed by atoms with van der Waals surface area (Å²) in [6.45, 7) is 0. The van der Waals surface area contributed by atoms with E-state index >= 15 is 0 Å². The quantitative estimate of drug-likeness (QED) is 0.373. The monoisotopic (exact) mass is 401 g/mol. The highest BCUT2D eigenvalue weighted by Gasteiger charge is 2.41. The van der Waals surface area contributed by atoms with Crippen LogP contribution >= 0.6 is 0 Å². The lowest BCUT2D eigenvalue weighted by molar-refractivity contribution is -0.144. The van der Waals surface area contributed by atoms with Gasteiger partial charge in [-0.25, -0.2) is 9.97 Å². The Morgan fingerprint density at radius 2 is 1.86 bits per heavy atom. The van der Waals surface area contributed by atoms with E-state index in [1.54, 1.807) is 18.5 Å². The molecule has 2 N–H and O–H groups in total. The van der Waals surface area contributed by atoms with E-state index in [-0.39, 0.29) is 23.4 Å². The first-order valence-electron chi connectivity index (χ1n) is 8.71. The molecule has 0 aromatic carbocycles. The van der Waals surface area contributed by atoms with Gasteiger partial charge in [0.15, 0.2) is 6.04 Å². The van der Waals surface area contributed by atoms with Crippen LogP contribution in [0, 0.1) is 5.95 Å². The molecule has 0 aliphatic heterocycles. The molecular weight excluding hydrogens is 386 g/mol. The summed E-state index contributed by atoms with van der Waals surface area (Å²) in [4.78, 5) is 14.6. The molecule has 0 aliphatic carbocycles. The molecule has 0 saturated carbocycles. The molecule has 4 aromatic heterocycles. The minimum Gasteiger partial charge on any atom is -0.355 e. The molecule has 0 aliphatic rings. The van der Waals surface area contributed by atoms with Crippen molar-refractivity contribution >= 4 is 16.9 Å². The first kappa shape index (κ1) is 18.9. The molecule has 0 bridgehead atoms. The number of alkyl halides is 3. The number of H-pyrrole nitrogens is 1. The van der Waals surface area contributed by atoms with Crippen molar-refractivity contribution in [2.24, 2.45) is 0 Å². The minimum absolute atomic E-state index is 0.0856. The summed E-state index contributed by atoms with van der Waals surface area (Å²) in [5.74, 6) is -1.04. The number of aromatic nitrogens is 4. The topological polar surface area (TPSA) is 66.5 Å². The van der Waals surface area contributed by atoms with Crippen molar-refractivity contribution in [1.82, 2.24) is 19.9 Å². The average Bonchev–Trinajstić information content (AvgIpc) is 3.11. The smallest absolute Gasteiger partial charge is 0.355 e. The van der Waals surface area contributed by atoms with E-state index in [0.717, 1.165) is 17.1 Å². The maximum Gasteiger partial charge on any atom is 0.412 e. The number of anilines is 1. The highest BCUT2D eigenvalue weighted by molar-refractivity contribution is 5.79. The predicted molar refractivity (Wildman–Crippen MR) is 99.8 cm³/mol. The van der Waals surface area contributed by atoms with Crippen molar-refractivity contribution in [2.75, 3.05) is 5.32 Å². The summed E-state index contributed by atoms with van der Waals surface area (Å²) in [6, 6.07) is 7.05. The fourth-order valence-corrected chi connectivity index (χ4v) is 3.09. The van der Waals surface area contributed by atoms with Crippen molar-refractivity contribution < 1.29 is 17.6 Å². The molecule has 9 heteroatoms. The third-order valence-corrected chi connectivity index (χ3v) is 4.48. The van der Waals surface area contributed by atoms with Gasteiger partial charge in [-0.05, 0) is 29.8 Å². The molecule has 148 valence electrons. The lowest BCUT2D eigenvalue weighted by Crippen LogP contribution is -2.28. The van der Waals surface area contributed by atoms with Crippen molar-refractivity contribution in [2.45, 2.75) is 18.6 Å². The van der Waals surface area contributed by atoms with Gasteiger partial charge in [0.2, 0.25) is 5.95 Å². The van der Waals surface area contributed by atoms with Gasteiger partial charge in [0, 0.05) is 47.7 Å². The molecule has 4 heterocycles. The number of nitrogens with zero attached hydrogens (tertiary/aromatic N) is 3. The van der Waals surface area contributed by atoms with Crippen molar-refractivity contribution in [3.8, 4) is 0 Å². The highest BCUT2D eigenvalue weighted by Crippen LogP contribution is 2.35. The number of rotatable bonds is 5. The molecule has 4 aromatic rings. The predicted octanol–water partition coefficient (Wildman–Crippen LogP) is 4.80. The Balaban J connectivity index is 1.58. The SMILES string of the molecule is Fc1nc(NC(c2cccnc2)C(F)(F)F)ccc1Cc1c[nH]c2ncccc12. The number of hydrogen-bond acceptors (Lipinski definition) is 4. The van der Waals surface area contributed by atoms with Crippen molar-refractivity contribution in [3.63, 3.8) is 0 Å². The van der Waals surface area contributed by atoms with E-state index in [0.29, 0.717) is 5.65 Å². The first-order valence-corrected chi connectivity index (χ1v) is 8.71. The van der Waals surface area contributed by atoms with Crippen molar-refractivity contribution in [1.29, 1.82) is 0 Å². The summed E-state index contributed by atoms with van der Waals surface area (Å²) >= 11 is 0. The van der Waals surface area contributed by atoms with Gasteiger partial charge in [-0.1, -0.05) is 12.1 Å². The van der Waals surface area contributed by atoms with Gasteiger partial charge in [-0.15, -0.1) is 0 Å². The van der Waals surface area contributed by atoms with E-state index in [4.69, 9.17) is 0 Å². The Labute approximate surface area is 162 Å². The van der Waals surface area contributed by atoms with Gasteiger partial charge in [0.05, 0.1) is 0 Å². The van der Waals surface area contributed by atoms with Crippen LogP contribution in [0.5, 0.6) is 0 Å². The molecule has 1 atom stereocenters. The molecule has 4 rings (SSSR count). The first-order chi connectivity index (χ1) is 13.9. The van der Waals surface area contributed by atoms with Crippen LogP contribution in [0.1, 0.15) is 22.7 Å². The molecule has 0 amide bonds. The Morgan fingerprint density at radius 1 is 1.03 bits per heavy atom. The Hall–Kier alpha value is -3.49. The van der Waals surface area contributed by atoms with E-state index in [1.807, 2.05) is 6.07 Å². The van der Waals surface area contributed by atoms with Crippen LogP contribution in [0.3, 0.4) is 0 Å². The third kappa shape index (κ3) is 4.03. The summed E-state index contributed by atoms with van der Waals surface area (Å²) in [5, 5.41) is 3.11. The van der Waals surface area contributed by atoms with Crippen LogP contribution in [-0.2, 0) is 6.42 Å². The van der Waals surface area contributed by atoms with Gasteiger partial charge in [0.1, 0.15) is 11.5 Å². The number of pyridine rings is 3. The fraction of sp³-hybridized carbons (Fsp3) is 0.150. The molecule has 0 fully saturated rings. The maximum absolute atomic E-state index is 14.5. The van der Waals surface area contributed by atoms with E-state index in [2.05, 4.69) is 25.3 Å².